The monoisotopic (exact) mass is 426 g/mol. The van der Waals surface area contributed by atoms with Crippen molar-refractivity contribution in [3.8, 4) is 0 Å². The van der Waals surface area contributed by atoms with Crippen LogP contribution in [0.25, 0.3) is 0 Å². The van der Waals surface area contributed by atoms with Crippen molar-refractivity contribution in [1.29, 1.82) is 0 Å². The fraction of sp³-hybridized carbons (Fsp3) is 0.926. The molecule has 30 heavy (non-hydrogen) atoms. The zero-order valence-electron chi connectivity index (χ0n) is 19.9. The van der Waals surface area contributed by atoms with Crippen LogP contribution in [0.2, 0.25) is 0 Å². The van der Waals surface area contributed by atoms with Crippen molar-refractivity contribution in [2.75, 3.05) is 6.61 Å². The Labute approximate surface area is 185 Å². The van der Waals surface area contributed by atoms with Crippen molar-refractivity contribution in [2.24, 2.45) is 23.7 Å². The molecule has 2 aliphatic carbocycles. The summed E-state index contributed by atoms with van der Waals surface area (Å²) in [5, 5.41) is 0. The van der Waals surface area contributed by atoms with E-state index in [1.54, 1.807) is 0 Å². The van der Waals surface area contributed by atoms with Gasteiger partial charge >= 0.3 is 6.11 Å². The van der Waals surface area contributed by atoms with Crippen LogP contribution in [-0.2, 0) is 4.74 Å². The van der Waals surface area contributed by atoms with Crippen molar-refractivity contribution >= 4 is 0 Å². The molecule has 0 aromatic heterocycles. The zero-order chi connectivity index (χ0) is 21.7. The molecule has 0 atom stereocenters. The Morgan fingerprint density at radius 2 is 1.33 bits per heavy atom. The summed E-state index contributed by atoms with van der Waals surface area (Å²) in [7, 11) is 0. The molecule has 0 unspecified atom stereocenters. The van der Waals surface area contributed by atoms with E-state index in [4.69, 9.17) is 4.74 Å². The third-order valence-electron chi connectivity index (χ3n) is 7.68. The van der Waals surface area contributed by atoms with E-state index in [0.717, 1.165) is 56.8 Å². The van der Waals surface area contributed by atoms with E-state index in [1.165, 1.54) is 57.8 Å². The molecular formula is C27H48F2O. The largest absolute Gasteiger partial charge is 0.356 e. The summed E-state index contributed by atoms with van der Waals surface area (Å²) in [5.41, 5.74) is 0. The summed E-state index contributed by atoms with van der Waals surface area (Å²) >= 11 is 0. The van der Waals surface area contributed by atoms with Gasteiger partial charge in [0.2, 0.25) is 0 Å². The Hall–Kier alpha value is -0.440. The van der Waals surface area contributed by atoms with Gasteiger partial charge in [-0.3, -0.25) is 0 Å². The zero-order valence-corrected chi connectivity index (χ0v) is 19.9. The number of hydrogen-bond acceptors (Lipinski definition) is 1. The van der Waals surface area contributed by atoms with E-state index >= 15 is 0 Å². The minimum absolute atomic E-state index is 0.0678. The minimum Gasteiger partial charge on any atom is -0.320 e. The predicted molar refractivity (Wildman–Crippen MR) is 124 cm³/mol. The molecule has 0 aromatic carbocycles. The van der Waals surface area contributed by atoms with Gasteiger partial charge in [-0.1, -0.05) is 83.3 Å². The van der Waals surface area contributed by atoms with Crippen LogP contribution >= 0.6 is 0 Å². The predicted octanol–water partition coefficient (Wildman–Crippen LogP) is 9.32. The fourth-order valence-electron chi connectivity index (χ4n) is 5.58. The van der Waals surface area contributed by atoms with Crippen molar-refractivity contribution in [2.45, 2.75) is 129 Å². The number of halogens is 2. The number of ether oxygens (including phenoxy) is 1. The van der Waals surface area contributed by atoms with Crippen LogP contribution in [0.4, 0.5) is 8.78 Å². The Morgan fingerprint density at radius 3 is 1.97 bits per heavy atom. The molecule has 0 radical (unpaired) electrons. The number of hydrogen-bond donors (Lipinski definition) is 0. The molecular weight excluding hydrogens is 378 g/mol. The lowest BCUT2D eigenvalue weighted by Crippen LogP contribution is -2.30. The highest BCUT2D eigenvalue weighted by atomic mass is 19.3. The second-order valence-electron chi connectivity index (χ2n) is 10.3. The smallest absolute Gasteiger partial charge is 0.320 e. The molecule has 2 rings (SSSR count). The van der Waals surface area contributed by atoms with E-state index < -0.39 is 6.11 Å². The van der Waals surface area contributed by atoms with Crippen LogP contribution in [0.5, 0.6) is 0 Å². The topological polar surface area (TPSA) is 9.23 Å². The normalized spacial score (nSPS) is 28.3. The van der Waals surface area contributed by atoms with Gasteiger partial charge in [0.05, 0.1) is 6.61 Å². The van der Waals surface area contributed by atoms with Crippen molar-refractivity contribution in [1.82, 2.24) is 0 Å². The molecule has 0 saturated heterocycles. The lowest BCUT2D eigenvalue weighted by Gasteiger charge is -2.32. The molecule has 0 aliphatic heterocycles. The molecule has 1 nitrogen and oxygen atoms in total. The highest BCUT2D eigenvalue weighted by Crippen LogP contribution is 2.39. The van der Waals surface area contributed by atoms with Gasteiger partial charge in [0, 0.05) is 6.42 Å². The molecule has 2 saturated carbocycles. The van der Waals surface area contributed by atoms with E-state index in [1.807, 2.05) is 0 Å². The third kappa shape index (κ3) is 10.7. The summed E-state index contributed by atoms with van der Waals surface area (Å²) in [6, 6.07) is 0. The molecule has 0 amide bonds. The minimum atomic E-state index is -2.93. The Bertz CT molecular complexity index is 446. The van der Waals surface area contributed by atoms with Gasteiger partial charge in [-0.15, -0.1) is 0 Å². The number of rotatable bonds is 14. The first-order valence-electron chi connectivity index (χ1n) is 13.1. The quantitative estimate of drug-likeness (QED) is 0.198. The molecule has 3 heteroatoms. The molecule has 2 aliphatic rings. The van der Waals surface area contributed by atoms with Gasteiger partial charge in [0.25, 0.3) is 0 Å². The maximum Gasteiger partial charge on any atom is 0.356 e. The number of unbranched alkanes of at least 4 members (excludes halogenated alkanes) is 4. The molecule has 176 valence electrons. The van der Waals surface area contributed by atoms with E-state index in [9.17, 15) is 8.78 Å². The van der Waals surface area contributed by atoms with Crippen molar-refractivity contribution < 1.29 is 13.5 Å². The fourth-order valence-corrected chi connectivity index (χ4v) is 5.58. The van der Waals surface area contributed by atoms with Crippen LogP contribution in [0.1, 0.15) is 123 Å². The van der Waals surface area contributed by atoms with Gasteiger partial charge < -0.3 is 4.74 Å². The van der Waals surface area contributed by atoms with Crippen LogP contribution in [0, 0.1) is 23.7 Å². The Balaban J connectivity index is 1.55. The van der Waals surface area contributed by atoms with Crippen molar-refractivity contribution in [3.63, 3.8) is 0 Å². The molecule has 0 spiro atoms. The Morgan fingerprint density at radius 1 is 0.767 bits per heavy atom. The van der Waals surface area contributed by atoms with E-state index in [-0.39, 0.29) is 18.9 Å². The van der Waals surface area contributed by atoms with Gasteiger partial charge in [-0.2, -0.15) is 8.78 Å². The highest BCUT2D eigenvalue weighted by molar-refractivity contribution is 4.81. The van der Waals surface area contributed by atoms with Crippen LogP contribution in [0.3, 0.4) is 0 Å². The van der Waals surface area contributed by atoms with Gasteiger partial charge in [0.1, 0.15) is 0 Å². The molecule has 0 heterocycles. The maximum atomic E-state index is 14.4. The van der Waals surface area contributed by atoms with Crippen LogP contribution in [0.15, 0.2) is 12.2 Å². The lowest BCUT2D eigenvalue weighted by atomic mass is 9.78. The van der Waals surface area contributed by atoms with Crippen LogP contribution < -0.4 is 0 Å². The second kappa shape index (κ2) is 14.6. The molecule has 0 N–H and O–H groups in total. The molecule has 0 aromatic rings. The number of alkyl halides is 2. The number of allylic oxidation sites excluding steroid dienone is 2. The first kappa shape index (κ1) is 25.8. The summed E-state index contributed by atoms with van der Waals surface area (Å²) < 4.78 is 34.0. The standard InChI is InChI=1S/C27H48F2O/c1-3-5-7-8-10-12-24-15-19-26(20-16-24)22-30-27(28,29)21-25-17-13-23(14-18-25)11-9-6-4-2/h4,6,23-26H,3,5,7-22H2,1-2H3/b6-4+. The first-order chi connectivity index (χ1) is 14.5. The average molecular weight is 427 g/mol. The average Bonchev–Trinajstić information content (AvgIpc) is 2.74. The van der Waals surface area contributed by atoms with Crippen molar-refractivity contribution in [3.05, 3.63) is 12.2 Å². The molecule has 0 bridgehead atoms. The summed E-state index contributed by atoms with van der Waals surface area (Å²) in [5.74, 6) is 2.04. The third-order valence-corrected chi connectivity index (χ3v) is 7.68. The second-order valence-corrected chi connectivity index (χ2v) is 10.3. The summed E-state index contributed by atoms with van der Waals surface area (Å²) in [6.07, 6.45) is 20.4. The SMILES string of the molecule is C/C=C/CCC1CCC(CC(F)(F)OCC2CCC(CCCCCCC)CC2)CC1. The van der Waals surface area contributed by atoms with E-state index in [2.05, 4.69) is 26.0 Å². The van der Waals surface area contributed by atoms with Gasteiger partial charge in [-0.25, -0.2) is 0 Å². The van der Waals surface area contributed by atoms with Gasteiger partial charge in [-0.05, 0) is 69.1 Å². The summed E-state index contributed by atoms with van der Waals surface area (Å²) in [6.45, 7) is 4.57. The maximum absolute atomic E-state index is 14.4. The first-order valence-corrected chi connectivity index (χ1v) is 13.1. The molecule has 2 fully saturated rings. The summed E-state index contributed by atoms with van der Waals surface area (Å²) in [4.78, 5) is 0. The lowest BCUT2D eigenvalue weighted by molar-refractivity contribution is -0.256. The highest BCUT2D eigenvalue weighted by Gasteiger charge is 2.36. The van der Waals surface area contributed by atoms with E-state index in [0.29, 0.717) is 5.92 Å². The Kier molecular flexibility index (Phi) is 12.6. The van der Waals surface area contributed by atoms with Crippen LogP contribution in [-0.4, -0.2) is 12.7 Å². The van der Waals surface area contributed by atoms with Gasteiger partial charge in [0.15, 0.2) is 0 Å².